The van der Waals surface area contributed by atoms with Crippen LogP contribution in [0.1, 0.15) is 43.4 Å². The number of rotatable bonds is 4. The van der Waals surface area contributed by atoms with E-state index in [-0.39, 0.29) is 5.91 Å². The molecule has 0 atom stereocenters. The number of hydrogen-bond acceptors (Lipinski definition) is 5. The third-order valence-electron chi connectivity index (χ3n) is 5.48. The number of halogens is 1. The molecule has 0 spiro atoms. The zero-order valence-corrected chi connectivity index (χ0v) is 15.6. The summed E-state index contributed by atoms with van der Waals surface area (Å²) in [6, 6.07) is 0.494. The Bertz CT molecular complexity index is 595. The molecule has 3 fully saturated rings. The lowest BCUT2D eigenvalue weighted by molar-refractivity contribution is -0.138. The van der Waals surface area contributed by atoms with Crippen molar-refractivity contribution >= 4 is 34.0 Å². The Morgan fingerprint density at radius 3 is 2.54 bits per heavy atom. The van der Waals surface area contributed by atoms with Crippen LogP contribution < -0.4 is 4.90 Å². The zero-order valence-electron chi connectivity index (χ0n) is 14.0. The number of aromatic nitrogens is 1. The molecule has 0 N–H and O–H groups in total. The van der Waals surface area contributed by atoms with Crippen molar-refractivity contribution < 1.29 is 4.79 Å². The first-order valence-corrected chi connectivity index (χ1v) is 10.3. The van der Waals surface area contributed by atoms with Crippen molar-refractivity contribution in [2.24, 2.45) is 0 Å². The molecule has 5 nitrogen and oxygen atoms in total. The fourth-order valence-electron chi connectivity index (χ4n) is 4.14. The van der Waals surface area contributed by atoms with E-state index in [9.17, 15) is 4.79 Å². The van der Waals surface area contributed by atoms with Crippen LogP contribution in [0.5, 0.6) is 0 Å². The van der Waals surface area contributed by atoms with Crippen LogP contribution in [-0.2, 0) is 11.3 Å². The molecule has 1 aliphatic carbocycles. The summed E-state index contributed by atoms with van der Waals surface area (Å²) in [6.07, 6.45) is 7.40. The molecule has 1 saturated carbocycles. The van der Waals surface area contributed by atoms with E-state index in [0.29, 0.717) is 17.7 Å². The minimum absolute atomic E-state index is 0.286. The van der Waals surface area contributed by atoms with Crippen molar-refractivity contribution in [1.82, 2.24) is 14.8 Å². The van der Waals surface area contributed by atoms with Gasteiger partial charge in [0.15, 0.2) is 5.13 Å². The van der Waals surface area contributed by atoms with Gasteiger partial charge < -0.3 is 9.80 Å². The molecule has 1 aromatic rings. The lowest BCUT2D eigenvalue weighted by Gasteiger charge is -2.37. The topological polar surface area (TPSA) is 39.7 Å². The Labute approximate surface area is 152 Å². The Morgan fingerprint density at radius 2 is 1.83 bits per heavy atom. The normalized spacial score (nSPS) is 23.6. The highest BCUT2D eigenvalue weighted by Gasteiger charge is 2.31. The molecule has 2 saturated heterocycles. The Balaban J connectivity index is 1.37. The molecular formula is C17H25ClN4OS. The number of anilines is 1. The second-order valence-corrected chi connectivity index (χ2v) is 8.56. The lowest BCUT2D eigenvalue weighted by atomic mass is 10.1. The first kappa shape index (κ1) is 16.6. The van der Waals surface area contributed by atoms with E-state index in [4.69, 9.17) is 11.6 Å². The van der Waals surface area contributed by atoms with Gasteiger partial charge >= 0.3 is 0 Å². The third-order valence-corrected chi connectivity index (χ3v) is 7.01. The fraction of sp³-hybridized carbons (Fsp3) is 0.765. The molecule has 3 aliphatic rings. The van der Waals surface area contributed by atoms with Gasteiger partial charge in [-0.15, -0.1) is 0 Å². The third kappa shape index (κ3) is 3.41. The first-order valence-electron chi connectivity index (χ1n) is 9.12. The highest BCUT2D eigenvalue weighted by atomic mass is 35.5. The summed E-state index contributed by atoms with van der Waals surface area (Å²) in [5.41, 5.74) is 0. The molecule has 0 unspecified atom stereocenters. The number of amides is 1. The quantitative estimate of drug-likeness (QED) is 0.819. The van der Waals surface area contributed by atoms with Crippen molar-refractivity contribution in [2.45, 2.75) is 51.1 Å². The summed E-state index contributed by atoms with van der Waals surface area (Å²) in [7, 11) is 0. The summed E-state index contributed by atoms with van der Waals surface area (Å²) in [4.78, 5) is 24.8. The van der Waals surface area contributed by atoms with Crippen LogP contribution in [0, 0.1) is 0 Å². The Hall–Kier alpha value is -0.850. The molecule has 0 aromatic carbocycles. The summed E-state index contributed by atoms with van der Waals surface area (Å²) in [5.74, 6) is 0.286. The van der Waals surface area contributed by atoms with Crippen molar-refractivity contribution in [3.05, 3.63) is 10.0 Å². The lowest BCUT2D eigenvalue weighted by Crippen LogP contribution is -2.53. The van der Waals surface area contributed by atoms with Crippen LogP contribution in [0.4, 0.5) is 5.13 Å². The van der Waals surface area contributed by atoms with Crippen LogP contribution in [0.2, 0.25) is 5.15 Å². The van der Waals surface area contributed by atoms with Gasteiger partial charge in [0.2, 0.25) is 5.91 Å². The van der Waals surface area contributed by atoms with Crippen LogP contribution in [0.15, 0.2) is 0 Å². The van der Waals surface area contributed by atoms with E-state index in [0.717, 1.165) is 42.7 Å². The van der Waals surface area contributed by atoms with E-state index >= 15 is 0 Å². The number of nitrogens with zero attached hydrogens (tertiary/aromatic N) is 4. The van der Waals surface area contributed by atoms with Crippen LogP contribution in [0.25, 0.3) is 0 Å². The molecular weight excluding hydrogens is 344 g/mol. The molecule has 3 heterocycles. The fourth-order valence-corrected chi connectivity index (χ4v) is 5.49. The number of hydrogen-bond donors (Lipinski definition) is 0. The monoisotopic (exact) mass is 368 g/mol. The predicted molar refractivity (Wildman–Crippen MR) is 97.8 cm³/mol. The smallest absolute Gasteiger partial charge is 0.237 e. The summed E-state index contributed by atoms with van der Waals surface area (Å²) >= 11 is 8.06. The maximum absolute atomic E-state index is 12.5. The average Bonchev–Trinajstić information content (AvgIpc) is 3.30. The van der Waals surface area contributed by atoms with Gasteiger partial charge in [-0.3, -0.25) is 9.69 Å². The number of piperazine rings is 1. The Kier molecular flexibility index (Phi) is 4.97. The molecule has 0 bridgehead atoms. The zero-order chi connectivity index (χ0) is 16.5. The van der Waals surface area contributed by atoms with Gasteiger partial charge in [-0.1, -0.05) is 35.8 Å². The molecule has 132 valence electrons. The van der Waals surface area contributed by atoms with Crippen molar-refractivity contribution in [3.8, 4) is 0 Å². The van der Waals surface area contributed by atoms with E-state index in [1.807, 2.05) is 0 Å². The van der Waals surface area contributed by atoms with Gasteiger partial charge in [0.05, 0.1) is 11.4 Å². The summed E-state index contributed by atoms with van der Waals surface area (Å²) < 4.78 is 0. The Morgan fingerprint density at radius 1 is 1.08 bits per heavy atom. The maximum atomic E-state index is 12.5. The van der Waals surface area contributed by atoms with E-state index in [1.54, 1.807) is 11.3 Å². The van der Waals surface area contributed by atoms with Crippen molar-refractivity contribution in [2.75, 3.05) is 37.6 Å². The predicted octanol–water partition coefficient (Wildman–Crippen LogP) is 2.98. The average molecular weight is 369 g/mol. The van der Waals surface area contributed by atoms with Gasteiger partial charge in [0.25, 0.3) is 0 Å². The molecule has 1 aromatic heterocycles. The highest BCUT2D eigenvalue weighted by Crippen LogP contribution is 2.33. The molecule has 7 heteroatoms. The summed E-state index contributed by atoms with van der Waals surface area (Å²) in [5, 5.41) is 1.66. The SMILES string of the molecule is O=C1CN(Cc2sc(N3CCCC3)nc2Cl)CCN1C1CCCC1. The van der Waals surface area contributed by atoms with Crippen LogP contribution >= 0.6 is 22.9 Å². The molecule has 2 aliphatic heterocycles. The second-order valence-electron chi connectivity index (χ2n) is 7.14. The summed E-state index contributed by atoms with van der Waals surface area (Å²) in [6.45, 7) is 5.23. The minimum Gasteiger partial charge on any atom is -0.348 e. The van der Waals surface area contributed by atoms with Gasteiger partial charge in [-0.25, -0.2) is 4.98 Å². The maximum Gasteiger partial charge on any atom is 0.237 e. The van der Waals surface area contributed by atoms with E-state index < -0.39 is 0 Å². The van der Waals surface area contributed by atoms with E-state index in [1.165, 1.54) is 38.5 Å². The standard InChI is InChI=1S/C17H25ClN4OS/c18-16-14(24-17(19-16)21-7-3-4-8-21)11-20-9-10-22(15(23)12-20)13-5-1-2-6-13/h13H,1-12H2. The largest absolute Gasteiger partial charge is 0.348 e. The number of carbonyl (C=O) groups excluding carboxylic acids is 1. The van der Waals surface area contributed by atoms with Gasteiger partial charge in [0.1, 0.15) is 5.15 Å². The highest BCUT2D eigenvalue weighted by molar-refractivity contribution is 7.16. The van der Waals surface area contributed by atoms with Crippen LogP contribution in [0.3, 0.4) is 0 Å². The van der Waals surface area contributed by atoms with Gasteiger partial charge in [0, 0.05) is 38.8 Å². The minimum atomic E-state index is 0.286. The van der Waals surface area contributed by atoms with Crippen molar-refractivity contribution in [3.63, 3.8) is 0 Å². The number of carbonyl (C=O) groups is 1. The molecule has 4 rings (SSSR count). The molecule has 24 heavy (non-hydrogen) atoms. The second kappa shape index (κ2) is 7.18. The molecule has 1 amide bonds. The number of thiazole rings is 1. The first-order chi connectivity index (χ1) is 11.7. The van der Waals surface area contributed by atoms with Gasteiger partial charge in [-0.05, 0) is 25.7 Å². The van der Waals surface area contributed by atoms with Crippen LogP contribution in [-0.4, -0.2) is 59.5 Å². The molecule has 0 radical (unpaired) electrons. The van der Waals surface area contributed by atoms with Gasteiger partial charge in [-0.2, -0.15) is 0 Å². The van der Waals surface area contributed by atoms with Crippen molar-refractivity contribution in [1.29, 1.82) is 0 Å². The van der Waals surface area contributed by atoms with E-state index in [2.05, 4.69) is 19.7 Å².